The van der Waals surface area contributed by atoms with Gasteiger partial charge in [0.1, 0.15) is 0 Å². The van der Waals surface area contributed by atoms with Gasteiger partial charge in [0.15, 0.2) is 5.78 Å². The lowest BCUT2D eigenvalue weighted by Gasteiger charge is -2.26. The van der Waals surface area contributed by atoms with Crippen LogP contribution in [0.3, 0.4) is 0 Å². The number of rotatable bonds is 3. The van der Waals surface area contributed by atoms with Crippen LogP contribution in [-0.2, 0) is 11.3 Å². The van der Waals surface area contributed by atoms with Gasteiger partial charge in [-0.3, -0.25) is 9.59 Å². The van der Waals surface area contributed by atoms with E-state index in [2.05, 4.69) is 17.2 Å². The molecule has 2 aromatic carbocycles. The maximum Gasteiger partial charge on any atom is 0.256 e. The maximum atomic E-state index is 13.7. The summed E-state index contributed by atoms with van der Waals surface area (Å²) in [6.45, 7) is 4.16. The van der Waals surface area contributed by atoms with Gasteiger partial charge >= 0.3 is 0 Å². The molecule has 0 fully saturated rings. The number of benzene rings is 2. The van der Waals surface area contributed by atoms with Crippen LogP contribution in [0.5, 0.6) is 0 Å². The predicted octanol–water partition coefficient (Wildman–Crippen LogP) is 5.43. The molecule has 3 aromatic rings. The highest BCUT2D eigenvalue weighted by Crippen LogP contribution is 2.40. The molecule has 2 N–H and O–H groups in total. The van der Waals surface area contributed by atoms with Crippen LogP contribution in [0.1, 0.15) is 30.9 Å². The number of nitrogens with zero attached hydrogens (tertiary/aromatic N) is 1. The number of nitrogens with one attached hydrogen (secondary N) is 2. The molecule has 0 bridgehead atoms. The summed E-state index contributed by atoms with van der Waals surface area (Å²) >= 11 is 6.21. The molecule has 0 amide bonds. The molecule has 31 heavy (non-hydrogen) atoms. The summed E-state index contributed by atoms with van der Waals surface area (Å²) in [5.74, 6) is 0.0740. The molecule has 156 valence electrons. The van der Waals surface area contributed by atoms with Gasteiger partial charge in [0.05, 0.1) is 22.9 Å². The largest absolute Gasteiger partial charge is 0.372 e. The molecule has 6 heteroatoms. The zero-order valence-corrected chi connectivity index (χ0v) is 17.7. The standard InChI is InChI=1S/C25H22ClN3O2/c1-2-12-29-21-14-16(26)11-10-15(21)13-17(25(29)31)24-23-20(8-5-9-22(23)30)27-18-6-3-4-7-19(18)28-24/h2-4,6-7,10-11,13-14,24,27-28H,1,5,8-9,12H2. The van der Waals surface area contributed by atoms with Crippen molar-refractivity contribution in [3.8, 4) is 0 Å². The lowest BCUT2D eigenvalue weighted by molar-refractivity contribution is -0.116. The van der Waals surface area contributed by atoms with Crippen LogP contribution in [0, 0.1) is 0 Å². The smallest absolute Gasteiger partial charge is 0.256 e. The first kappa shape index (κ1) is 19.6. The molecule has 5 rings (SSSR count). The number of aromatic nitrogens is 1. The zero-order valence-electron chi connectivity index (χ0n) is 17.0. The van der Waals surface area contributed by atoms with E-state index in [0.29, 0.717) is 29.1 Å². The number of halogens is 1. The van der Waals surface area contributed by atoms with E-state index in [4.69, 9.17) is 11.6 Å². The minimum absolute atomic E-state index is 0.0740. The number of hydrogen-bond donors (Lipinski definition) is 2. The number of carbonyl (C=O) groups excluding carboxylic acids is 1. The number of anilines is 2. The summed E-state index contributed by atoms with van der Waals surface area (Å²) in [6, 6.07) is 14.7. The molecule has 2 aliphatic rings. The van der Waals surface area contributed by atoms with Crippen molar-refractivity contribution in [2.24, 2.45) is 0 Å². The number of carbonyl (C=O) groups is 1. The third kappa shape index (κ3) is 3.35. The van der Waals surface area contributed by atoms with E-state index >= 15 is 0 Å². The van der Waals surface area contributed by atoms with Crippen LogP contribution in [0.2, 0.25) is 5.02 Å². The Morgan fingerprint density at radius 1 is 1.10 bits per heavy atom. The summed E-state index contributed by atoms with van der Waals surface area (Å²) in [5.41, 5.74) is 4.45. The summed E-state index contributed by atoms with van der Waals surface area (Å²) in [4.78, 5) is 26.7. The average Bonchev–Trinajstić information content (AvgIpc) is 2.93. The average molecular weight is 432 g/mol. The van der Waals surface area contributed by atoms with E-state index < -0.39 is 6.04 Å². The van der Waals surface area contributed by atoms with Crippen molar-refractivity contribution < 1.29 is 4.79 Å². The van der Waals surface area contributed by atoms with Crippen LogP contribution >= 0.6 is 11.6 Å². The Labute approximate surface area is 185 Å². The van der Waals surface area contributed by atoms with Crippen LogP contribution < -0.4 is 16.2 Å². The Balaban J connectivity index is 1.78. The normalized spacial score (nSPS) is 18.0. The summed E-state index contributed by atoms with van der Waals surface area (Å²) < 4.78 is 1.67. The van der Waals surface area contributed by atoms with Gasteiger partial charge in [0.25, 0.3) is 5.56 Å². The van der Waals surface area contributed by atoms with Crippen LogP contribution in [0.4, 0.5) is 11.4 Å². The minimum Gasteiger partial charge on any atom is -0.372 e. The van der Waals surface area contributed by atoms with Gasteiger partial charge in [0, 0.05) is 34.8 Å². The van der Waals surface area contributed by atoms with Crippen molar-refractivity contribution in [2.45, 2.75) is 31.8 Å². The van der Waals surface area contributed by atoms with Gasteiger partial charge in [-0.2, -0.15) is 0 Å². The summed E-state index contributed by atoms with van der Waals surface area (Å²) in [6.07, 6.45) is 3.76. The lowest BCUT2D eigenvalue weighted by atomic mass is 9.86. The fourth-order valence-electron chi connectivity index (χ4n) is 4.55. The maximum absolute atomic E-state index is 13.7. The third-order valence-corrected chi connectivity index (χ3v) is 6.20. The zero-order chi connectivity index (χ0) is 21.5. The highest BCUT2D eigenvalue weighted by molar-refractivity contribution is 6.31. The molecule has 2 heterocycles. The monoisotopic (exact) mass is 431 g/mol. The van der Waals surface area contributed by atoms with Crippen molar-refractivity contribution in [1.82, 2.24) is 4.57 Å². The van der Waals surface area contributed by atoms with Crippen LogP contribution in [-0.4, -0.2) is 10.4 Å². The molecular formula is C25H22ClN3O2. The Bertz CT molecular complexity index is 1320. The van der Waals surface area contributed by atoms with Crippen molar-refractivity contribution in [3.63, 3.8) is 0 Å². The van der Waals surface area contributed by atoms with Crippen LogP contribution in [0.15, 0.2) is 77.3 Å². The van der Waals surface area contributed by atoms with Crippen molar-refractivity contribution in [1.29, 1.82) is 0 Å². The minimum atomic E-state index is -0.539. The molecule has 0 saturated carbocycles. The van der Waals surface area contributed by atoms with Gasteiger partial charge in [-0.25, -0.2) is 0 Å². The predicted molar refractivity (Wildman–Crippen MR) is 126 cm³/mol. The number of ketones is 1. The molecule has 1 aliphatic carbocycles. The molecular weight excluding hydrogens is 410 g/mol. The number of allylic oxidation sites excluding steroid dienone is 2. The number of Topliss-reactive ketones (excluding diaryl/α,β-unsaturated/α-hetero) is 1. The van der Waals surface area contributed by atoms with Crippen molar-refractivity contribution >= 4 is 39.7 Å². The van der Waals surface area contributed by atoms with Gasteiger partial charge in [-0.05, 0) is 48.6 Å². The highest BCUT2D eigenvalue weighted by Gasteiger charge is 2.33. The second-order valence-electron chi connectivity index (χ2n) is 7.92. The first-order valence-corrected chi connectivity index (χ1v) is 10.8. The highest BCUT2D eigenvalue weighted by atomic mass is 35.5. The second-order valence-corrected chi connectivity index (χ2v) is 8.36. The van der Waals surface area contributed by atoms with Crippen LogP contribution in [0.25, 0.3) is 10.9 Å². The fourth-order valence-corrected chi connectivity index (χ4v) is 4.72. The molecule has 0 radical (unpaired) electrons. The molecule has 0 saturated heterocycles. The first-order chi connectivity index (χ1) is 15.1. The Kier molecular flexibility index (Phi) is 4.91. The fraction of sp³-hybridized carbons (Fsp3) is 0.200. The van der Waals surface area contributed by atoms with E-state index in [1.165, 1.54) is 0 Å². The van der Waals surface area contributed by atoms with Gasteiger partial charge in [-0.1, -0.05) is 35.9 Å². The number of para-hydroxylation sites is 2. The molecule has 1 unspecified atom stereocenters. The lowest BCUT2D eigenvalue weighted by Crippen LogP contribution is -2.31. The van der Waals surface area contributed by atoms with Gasteiger partial charge in [0.2, 0.25) is 0 Å². The van der Waals surface area contributed by atoms with E-state index in [1.807, 2.05) is 42.5 Å². The molecule has 0 spiro atoms. The quantitative estimate of drug-likeness (QED) is 0.543. The Morgan fingerprint density at radius 2 is 1.90 bits per heavy atom. The van der Waals surface area contributed by atoms with E-state index in [-0.39, 0.29) is 11.3 Å². The first-order valence-electron chi connectivity index (χ1n) is 10.4. The Morgan fingerprint density at radius 3 is 2.71 bits per heavy atom. The summed E-state index contributed by atoms with van der Waals surface area (Å²) in [5, 5.41) is 8.39. The summed E-state index contributed by atoms with van der Waals surface area (Å²) in [7, 11) is 0. The van der Waals surface area contributed by atoms with Crippen molar-refractivity contribution in [3.05, 3.63) is 93.4 Å². The molecule has 1 aliphatic heterocycles. The SMILES string of the molecule is C=CCn1c(=O)c(C2Nc3ccccc3NC3=C2C(=O)CCC3)cc2ccc(Cl)cc21. The van der Waals surface area contributed by atoms with E-state index in [1.54, 1.807) is 16.7 Å². The van der Waals surface area contributed by atoms with Gasteiger partial charge in [-0.15, -0.1) is 6.58 Å². The van der Waals surface area contributed by atoms with E-state index in [9.17, 15) is 9.59 Å². The molecule has 1 aromatic heterocycles. The number of pyridine rings is 1. The number of fused-ring (bicyclic) bond motifs is 2. The Hall–Kier alpha value is -3.31. The topological polar surface area (TPSA) is 63.1 Å². The third-order valence-electron chi connectivity index (χ3n) is 5.97. The van der Waals surface area contributed by atoms with Gasteiger partial charge < -0.3 is 15.2 Å². The molecule has 1 atom stereocenters. The van der Waals surface area contributed by atoms with E-state index in [0.717, 1.165) is 40.8 Å². The number of hydrogen-bond acceptors (Lipinski definition) is 4. The second kappa shape index (κ2) is 7.75. The molecule has 5 nitrogen and oxygen atoms in total. The van der Waals surface area contributed by atoms with Crippen molar-refractivity contribution in [2.75, 3.05) is 10.6 Å².